The standard InChI is InChI=1S/C14H20N4O/c1-11(2)9-18-14(16-10-17-18)7-13(19)6-12-4-3-5-15-8-12/h3-5,8,10-11,13,19H,6-7,9H2,1-2H3. The summed E-state index contributed by atoms with van der Waals surface area (Å²) in [4.78, 5) is 8.27. The fraction of sp³-hybridized carbons (Fsp3) is 0.500. The molecular formula is C14H20N4O. The van der Waals surface area contributed by atoms with Crippen LogP contribution in [0, 0.1) is 5.92 Å². The van der Waals surface area contributed by atoms with E-state index < -0.39 is 6.10 Å². The second kappa shape index (κ2) is 6.43. The van der Waals surface area contributed by atoms with E-state index in [1.807, 2.05) is 16.8 Å². The highest BCUT2D eigenvalue weighted by Crippen LogP contribution is 2.08. The van der Waals surface area contributed by atoms with Gasteiger partial charge in [0.1, 0.15) is 12.2 Å². The van der Waals surface area contributed by atoms with Crippen molar-refractivity contribution in [2.75, 3.05) is 0 Å². The number of aromatic nitrogens is 4. The van der Waals surface area contributed by atoms with Crippen LogP contribution < -0.4 is 0 Å². The molecular weight excluding hydrogens is 240 g/mol. The monoisotopic (exact) mass is 260 g/mol. The summed E-state index contributed by atoms with van der Waals surface area (Å²) in [6.07, 6.45) is 5.70. The molecule has 0 aliphatic heterocycles. The second-order valence-corrected chi connectivity index (χ2v) is 5.18. The molecule has 1 N–H and O–H groups in total. The third-order valence-corrected chi connectivity index (χ3v) is 2.85. The third kappa shape index (κ3) is 4.13. The number of aliphatic hydroxyl groups is 1. The zero-order valence-corrected chi connectivity index (χ0v) is 11.4. The summed E-state index contributed by atoms with van der Waals surface area (Å²) >= 11 is 0. The van der Waals surface area contributed by atoms with Gasteiger partial charge in [-0.1, -0.05) is 19.9 Å². The molecule has 0 amide bonds. The molecule has 0 bridgehead atoms. The molecule has 2 rings (SSSR count). The molecule has 2 aromatic rings. The molecule has 5 heteroatoms. The molecule has 19 heavy (non-hydrogen) atoms. The van der Waals surface area contributed by atoms with E-state index in [1.54, 1.807) is 18.7 Å². The number of nitrogens with zero attached hydrogens (tertiary/aromatic N) is 4. The van der Waals surface area contributed by atoms with Crippen LogP contribution in [0.5, 0.6) is 0 Å². The lowest BCUT2D eigenvalue weighted by molar-refractivity contribution is 0.170. The van der Waals surface area contributed by atoms with Crippen LogP contribution in [-0.4, -0.2) is 31.0 Å². The fourth-order valence-corrected chi connectivity index (χ4v) is 2.02. The van der Waals surface area contributed by atoms with Crippen LogP contribution in [0.1, 0.15) is 25.2 Å². The Kier molecular flexibility index (Phi) is 4.63. The normalized spacial score (nSPS) is 12.8. The van der Waals surface area contributed by atoms with Crippen molar-refractivity contribution in [1.82, 2.24) is 19.7 Å². The van der Waals surface area contributed by atoms with Crippen molar-refractivity contribution in [3.8, 4) is 0 Å². The van der Waals surface area contributed by atoms with Crippen molar-refractivity contribution in [3.63, 3.8) is 0 Å². The first-order valence-electron chi connectivity index (χ1n) is 6.59. The second-order valence-electron chi connectivity index (χ2n) is 5.18. The summed E-state index contributed by atoms with van der Waals surface area (Å²) in [6, 6.07) is 3.85. The molecule has 2 heterocycles. The van der Waals surface area contributed by atoms with E-state index in [4.69, 9.17) is 0 Å². The summed E-state index contributed by atoms with van der Waals surface area (Å²) in [5.74, 6) is 1.35. The average Bonchev–Trinajstić information content (AvgIpc) is 2.77. The maximum absolute atomic E-state index is 10.1. The quantitative estimate of drug-likeness (QED) is 0.854. The van der Waals surface area contributed by atoms with E-state index in [1.165, 1.54) is 0 Å². The molecule has 0 saturated heterocycles. The first-order valence-corrected chi connectivity index (χ1v) is 6.59. The first-order chi connectivity index (χ1) is 9.15. The molecule has 0 aromatic carbocycles. The van der Waals surface area contributed by atoms with E-state index in [9.17, 15) is 5.11 Å². The first kappa shape index (κ1) is 13.7. The lowest BCUT2D eigenvalue weighted by atomic mass is 10.1. The molecule has 1 atom stereocenters. The smallest absolute Gasteiger partial charge is 0.138 e. The summed E-state index contributed by atoms with van der Waals surface area (Å²) in [5.41, 5.74) is 1.03. The van der Waals surface area contributed by atoms with Crippen molar-refractivity contribution < 1.29 is 5.11 Å². The molecule has 0 saturated carbocycles. The van der Waals surface area contributed by atoms with Crippen molar-refractivity contribution in [2.45, 2.75) is 39.3 Å². The number of rotatable bonds is 6. The van der Waals surface area contributed by atoms with Crippen LogP contribution in [0.2, 0.25) is 0 Å². The largest absolute Gasteiger partial charge is 0.392 e. The number of aliphatic hydroxyl groups excluding tert-OH is 1. The van der Waals surface area contributed by atoms with Gasteiger partial charge in [-0.25, -0.2) is 9.67 Å². The summed E-state index contributed by atoms with van der Waals surface area (Å²) in [7, 11) is 0. The molecule has 5 nitrogen and oxygen atoms in total. The zero-order valence-electron chi connectivity index (χ0n) is 11.4. The van der Waals surface area contributed by atoms with Gasteiger partial charge in [0.25, 0.3) is 0 Å². The highest BCUT2D eigenvalue weighted by Gasteiger charge is 2.12. The molecule has 102 valence electrons. The molecule has 1 unspecified atom stereocenters. The summed E-state index contributed by atoms with van der Waals surface area (Å²) in [5, 5.41) is 14.3. The van der Waals surface area contributed by atoms with Gasteiger partial charge in [-0.2, -0.15) is 5.10 Å². The molecule has 0 aliphatic carbocycles. The van der Waals surface area contributed by atoms with Gasteiger partial charge in [0, 0.05) is 31.8 Å². The van der Waals surface area contributed by atoms with Gasteiger partial charge < -0.3 is 5.11 Å². The lowest BCUT2D eigenvalue weighted by Crippen LogP contribution is -2.19. The highest BCUT2D eigenvalue weighted by molar-refractivity contribution is 5.10. The maximum atomic E-state index is 10.1. The Bertz CT molecular complexity index is 495. The van der Waals surface area contributed by atoms with Crippen molar-refractivity contribution in [1.29, 1.82) is 0 Å². The Labute approximate surface area is 113 Å². The molecule has 0 fully saturated rings. The van der Waals surface area contributed by atoms with Crippen LogP contribution in [0.3, 0.4) is 0 Å². The Morgan fingerprint density at radius 1 is 1.32 bits per heavy atom. The minimum atomic E-state index is -0.459. The van der Waals surface area contributed by atoms with Crippen molar-refractivity contribution in [2.24, 2.45) is 5.92 Å². The number of hydrogen-bond donors (Lipinski definition) is 1. The van der Waals surface area contributed by atoms with Crippen LogP contribution in [0.25, 0.3) is 0 Å². The Balaban J connectivity index is 1.95. The lowest BCUT2D eigenvalue weighted by Gasteiger charge is -2.12. The minimum absolute atomic E-state index is 0.459. The van der Waals surface area contributed by atoms with Crippen molar-refractivity contribution >= 4 is 0 Å². The minimum Gasteiger partial charge on any atom is -0.392 e. The van der Waals surface area contributed by atoms with Gasteiger partial charge in [0.15, 0.2) is 0 Å². The van der Waals surface area contributed by atoms with Gasteiger partial charge >= 0.3 is 0 Å². The Hall–Kier alpha value is -1.75. The zero-order chi connectivity index (χ0) is 13.7. The molecule has 0 aliphatic rings. The van der Waals surface area contributed by atoms with Gasteiger partial charge in [-0.3, -0.25) is 4.98 Å². The number of pyridine rings is 1. The fourth-order valence-electron chi connectivity index (χ4n) is 2.02. The highest BCUT2D eigenvalue weighted by atomic mass is 16.3. The van der Waals surface area contributed by atoms with E-state index in [0.717, 1.165) is 17.9 Å². The van der Waals surface area contributed by atoms with Crippen LogP contribution in [-0.2, 0) is 19.4 Å². The van der Waals surface area contributed by atoms with Crippen LogP contribution in [0.15, 0.2) is 30.9 Å². The molecule has 2 aromatic heterocycles. The Morgan fingerprint density at radius 2 is 2.16 bits per heavy atom. The van der Waals surface area contributed by atoms with E-state index in [0.29, 0.717) is 18.8 Å². The predicted octanol–water partition coefficient (Wildman–Crippen LogP) is 1.48. The van der Waals surface area contributed by atoms with E-state index in [2.05, 4.69) is 28.9 Å². The Morgan fingerprint density at radius 3 is 2.84 bits per heavy atom. The molecule has 0 radical (unpaired) electrons. The van der Waals surface area contributed by atoms with Gasteiger partial charge in [0.05, 0.1) is 6.10 Å². The van der Waals surface area contributed by atoms with E-state index in [-0.39, 0.29) is 0 Å². The van der Waals surface area contributed by atoms with Gasteiger partial charge in [0.2, 0.25) is 0 Å². The van der Waals surface area contributed by atoms with Crippen LogP contribution >= 0.6 is 0 Å². The predicted molar refractivity (Wildman–Crippen MR) is 72.5 cm³/mol. The summed E-state index contributed by atoms with van der Waals surface area (Å²) in [6.45, 7) is 5.10. The number of hydrogen-bond acceptors (Lipinski definition) is 4. The SMILES string of the molecule is CC(C)Cn1ncnc1CC(O)Cc1cccnc1. The average molecular weight is 260 g/mol. The topological polar surface area (TPSA) is 63.8 Å². The van der Waals surface area contributed by atoms with Crippen molar-refractivity contribution in [3.05, 3.63) is 42.2 Å². The van der Waals surface area contributed by atoms with E-state index >= 15 is 0 Å². The third-order valence-electron chi connectivity index (χ3n) is 2.85. The van der Waals surface area contributed by atoms with Gasteiger partial charge in [-0.05, 0) is 17.5 Å². The molecule has 0 spiro atoms. The van der Waals surface area contributed by atoms with Gasteiger partial charge in [-0.15, -0.1) is 0 Å². The maximum Gasteiger partial charge on any atom is 0.138 e. The summed E-state index contributed by atoms with van der Waals surface area (Å²) < 4.78 is 1.87. The van der Waals surface area contributed by atoms with Crippen LogP contribution in [0.4, 0.5) is 0 Å².